The Morgan fingerprint density at radius 2 is 1.78 bits per heavy atom. The van der Waals surface area contributed by atoms with Gasteiger partial charge in [0, 0.05) is 105 Å². The van der Waals surface area contributed by atoms with Gasteiger partial charge in [-0.1, -0.05) is 33.8 Å². The molecule has 7 heterocycles. The molecule has 0 unspecified atom stereocenters. The molecule has 3 saturated heterocycles. The molecule has 0 spiro atoms. The lowest BCUT2D eigenvalue weighted by Gasteiger charge is -2.48. The van der Waals surface area contributed by atoms with E-state index in [-0.39, 0.29) is 91.1 Å². The average molecular weight is 1050 g/mol. The summed E-state index contributed by atoms with van der Waals surface area (Å²) in [5.74, 6) is -1.52. The van der Waals surface area contributed by atoms with Crippen LogP contribution in [0.4, 0.5) is 4.79 Å². The molecule has 382 valence electrons. The number of ether oxygens (including phenoxy) is 3. The van der Waals surface area contributed by atoms with Crippen LogP contribution in [0.3, 0.4) is 0 Å². The van der Waals surface area contributed by atoms with Gasteiger partial charge in [0.2, 0.25) is 5.91 Å². The molecular weight excluding hydrogens is 975 g/mol. The molecule has 8 rings (SSSR count). The number of hydrazine groups is 1. The summed E-state index contributed by atoms with van der Waals surface area (Å²) in [7, 11) is 3.35. The number of carbonyl (C=O) groups is 4. The molecule has 21 heteroatoms. The first-order chi connectivity index (χ1) is 31.2. The van der Waals surface area contributed by atoms with Crippen LogP contribution in [0, 0.1) is 11.3 Å². The number of aryl methyl sites for hydroxylation is 1. The lowest BCUT2D eigenvalue weighted by Crippen LogP contribution is -2.66. The Hall–Kier alpha value is -3.54. The molecule has 1 aromatic carbocycles. The number of thiazole rings is 1. The normalized spacial score (nSPS) is 20.7. The van der Waals surface area contributed by atoms with Gasteiger partial charge < -0.3 is 33.9 Å². The first-order valence-corrected chi connectivity index (χ1v) is 24.0. The number of cyclic esters (lactones) is 1. The highest BCUT2D eigenvalue weighted by molar-refractivity contribution is 7.59. The van der Waals surface area contributed by atoms with Crippen molar-refractivity contribution in [2.75, 3.05) is 66.7 Å². The number of urea groups is 1. The highest BCUT2D eigenvalue weighted by Gasteiger charge is 2.42. The molecule has 2 N–H and O–H groups in total. The third-order valence-electron chi connectivity index (χ3n) is 13.5. The van der Waals surface area contributed by atoms with Gasteiger partial charge in [-0.25, -0.2) is 15.2 Å². The summed E-state index contributed by atoms with van der Waals surface area (Å²) in [5, 5.41) is 8.23. The summed E-state index contributed by atoms with van der Waals surface area (Å²) in [5.41, 5.74) is 9.40. The van der Waals surface area contributed by atoms with E-state index in [9.17, 15) is 19.2 Å². The van der Waals surface area contributed by atoms with Crippen LogP contribution in [0.5, 0.6) is 0 Å². The van der Waals surface area contributed by atoms with E-state index in [1.807, 2.05) is 32.2 Å². The first-order valence-electron chi connectivity index (χ1n) is 23.1. The number of fused-ring (bicyclic) bond motifs is 6. The molecule has 69 heavy (non-hydrogen) atoms. The second kappa shape index (κ2) is 24.7. The Balaban J connectivity index is 0.00000259. The fourth-order valence-corrected chi connectivity index (χ4v) is 10.7. The van der Waals surface area contributed by atoms with Crippen molar-refractivity contribution in [1.29, 1.82) is 0 Å². The lowest BCUT2D eigenvalue weighted by atomic mass is 9.84. The maximum Gasteiger partial charge on any atom is 0.324 e. The minimum absolute atomic E-state index is 0. The minimum atomic E-state index is -1.04. The Morgan fingerprint density at radius 1 is 1.06 bits per heavy atom. The standard InChI is InChI=1S/C48H65N9O7S.4H2S/c1-9-56-39-15-14-31-22-34(39)35(43(56)33-12-10-16-49-41(33)30(4)62-8)24-48(5,6)28-64-46(60)36-13-11-17-57(52-36)45(59)37(23-40-50-38(31)27-65-40)51-44(58)42(29(2)3)53(7)47(61)55-25-32(26-55)54-18-20-63-21-19-54;;;;/h10,12,14-16,22,27,29-30,32,36-37,42,52H,9,11,13,17-21,23-26,28H2,1-8H3,(H,51,58);4*1H2/t30-,36-,37-,42-;;;;/m0..../s1. The zero-order valence-corrected chi connectivity index (χ0v) is 45.9. The number of hydrogen-bond acceptors (Lipinski definition) is 12. The van der Waals surface area contributed by atoms with Crippen LogP contribution in [0.2, 0.25) is 0 Å². The van der Waals surface area contributed by atoms with E-state index >= 15 is 0 Å². The van der Waals surface area contributed by atoms with Crippen LogP contribution in [0.15, 0.2) is 41.9 Å². The number of nitrogens with zero attached hydrogens (tertiary/aromatic N) is 7. The van der Waals surface area contributed by atoms with Crippen molar-refractivity contribution in [1.82, 2.24) is 45.0 Å². The minimum Gasteiger partial charge on any atom is -0.464 e. The summed E-state index contributed by atoms with van der Waals surface area (Å²) in [4.78, 5) is 72.4. The van der Waals surface area contributed by atoms with E-state index < -0.39 is 41.3 Å². The van der Waals surface area contributed by atoms with Crippen LogP contribution in [0.1, 0.15) is 76.8 Å². The molecular formula is C48H73N9O7S5. The number of benzene rings is 1. The molecule has 6 bridgehead atoms. The molecule has 4 aliphatic heterocycles. The predicted molar refractivity (Wildman–Crippen MR) is 290 cm³/mol. The zero-order valence-electron chi connectivity index (χ0n) is 41.1. The number of amides is 4. The summed E-state index contributed by atoms with van der Waals surface area (Å²) in [6, 6.07) is 7.86. The zero-order chi connectivity index (χ0) is 46.2. The number of hydrogen-bond donors (Lipinski definition) is 2. The van der Waals surface area contributed by atoms with Gasteiger partial charge in [0.1, 0.15) is 18.1 Å². The van der Waals surface area contributed by atoms with Crippen molar-refractivity contribution >= 4 is 100 Å². The smallest absolute Gasteiger partial charge is 0.324 e. The van der Waals surface area contributed by atoms with Gasteiger partial charge >= 0.3 is 12.0 Å². The molecule has 3 fully saturated rings. The van der Waals surface area contributed by atoms with E-state index in [1.54, 1.807) is 25.3 Å². The van der Waals surface area contributed by atoms with Crippen LogP contribution >= 0.6 is 65.3 Å². The highest BCUT2D eigenvalue weighted by Crippen LogP contribution is 2.42. The summed E-state index contributed by atoms with van der Waals surface area (Å²) < 4.78 is 19.8. The number of carbonyl (C=O) groups excluding carboxylic acids is 4. The SMILES string of the molecule is CCn1c(-c2cccnc2[C@H](C)OC)c2c3cc(ccc31)-c1csc(n1)C[C@H](NC(=O)[C@H](C(C)C)N(C)C(=O)N1CC(N3CCOCC3)C1)C(=O)N1CCC[C@H](N1)C(=O)OCC(C)(C)C2.S.S.S.S. The molecule has 4 amide bonds. The number of likely N-dealkylation sites (tertiary alicyclic amines) is 1. The number of morpholine rings is 1. The largest absolute Gasteiger partial charge is 0.464 e. The first kappa shape index (κ1) is 58.0. The fourth-order valence-electron chi connectivity index (χ4n) is 9.87. The molecule has 4 atom stereocenters. The maximum atomic E-state index is 14.6. The van der Waals surface area contributed by atoms with E-state index in [0.717, 1.165) is 57.8 Å². The van der Waals surface area contributed by atoms with Crippen molar-refractivity contribution in [2.24, 2.45) is 11.3 Å². The number of methoxy groups -OCH3 is 1. The summed E-state index contributed by atoms with van der Waals surface area (Å²) in [6.07, 6.45) is 3.30. The highest BCUT2D eigenvalue weighted by atomic mass is 32.1. The maximum absolute atomic E-state index is 14.6. The molecule has 4 aliphatic rings. The monoisotopic (exact) mass is 1050 g/mol. The van der Waals surface area contributed by atoms with E-state index in [2.05, 4.69) is 65.2 Å². The molecule has 4 aromatic rings. The Kier molecular flexibility index (Phi) is 20.8. The Labute approximate surface area is 438 Å². The molecule has 0 saturated carbocycles. The van der Waals surface area contributed by atoms with Crippen LogP contribution in [-0.2, 0) is 48.0 Å². The van der Waals surface area contributed by atoms with Gasteiger partial charge in [0.15, 0.2) is 0 Å². The van der Waals surface area contributed by atoms with Crippen molar-refractivity contribution in [3.05, 3.63) is 58.2 Å². The van der Waals surface area contributed by atoms with Gasteiger partial charge in [-0.2, -0.15) is 54.0 Å². The predicted octanol–water partition coefficient (Wildman–Crippen LogP) is 5.75. The number of esters is 1. The van der Waals surface area contributed by atoms with Crippen LogP contribution < -0.4 is 10.7 Å². The number of rotatable bonds is 9. The number of aromatic nitrogens is 3. The summed E-state index contributed by atoms with van der Waals surface area (Å²) >= 11 is 1.43. The van der Waals surface area contributed by atoms with Crippen molar-refractivity contribution < 1.29 is 33.4 Å². The third-order valence-corrected chi connectivity index (χ3v) is 14.3. The molecule has 3 aromatic heterocycles. The average Bonchev–Trinajstić information content (AvgIpc) is 3.88. The second-order valence-corrected chi connectivity index (χ2v) is 20.0. The quantitative estimate of drug-likeness (QED) is 0.197. The molecule has 0 aliphatic carbocycles. The Morgan fingerprint density at radius 3 is 2.46 bits per heavy atom. The second-order valence-electron chi connectivity index (χ2n) is 19.1. The number of nitrogens with one attached hydrogen (secondary N) is 2. The van der Waals surface area contributed by atoms with E-state index in [4.69, 9.17) is 24.2 Å². The van der Waals surface area contributed by atoms with Crippen LogP contribution in [-0.4, -0.2) is 149 Å². The van der Waals surface area contributed by atoms with Gasteiger partial charge in [-0.05, 0) is 68.9 Å². The topological polar surface area (TPSA) is 164 Å². The van der Waals surface area contributed by atoms with Gasteiger partial charge in [0.05, 0.1) is 48.0 Å². The van der Waals surface area contributed by atoms with E-state index in [0.29, 0.717) is 63.7 Å². The van der Waals surface area contributed by atoms with Gasteiger partial charge in [-0.3, -0.25) is 29.3 Å². The number of likely N-dealkylation sites (N-methyl/N-ethyl adjacent to an activating group) is 1. The molecule has 0 radical (unpaired) electrons. The van der Waals surface area contributed by atoms with Gasteiger partial charge in [-0.15, -0.1) is 11.3 Å². The number of pyridine rings is 1. The van der Waals surface area contributed by atoms with Crippen LogP contribution in [0.25, 0.3) is 33.4 Å². The van der Waals surface area contributed by atoms with Crippen molar-refractivity contribution in [3.63, 3.8) is 0 Å². The fraction of sp³-hybridized carbons (Fsp3) is 0.583. The lowest BCUT2D eigenvalue weighted by molar-refractivity contribution is -0.155. The van der Waals surface area contributed by atoms with Crippen molar-refractivity contribution in [3.8, 4) is 22.5 Å². The third kappa shape index (κ3) is 12.4. The Bertz CT molecular complexity index is 2400. The molecule has 16 nitrogen and oxygen atoms in total. The van der Waals surface area contributed by atoms with Crippen molar-refractivity contribution in [2.45, 2.75) is 104 Å². The van der Waals surface area contributed by atoms with E-state index in [1.165, 1.54) is 21.2 Å². The summed E-state index contributed by atoms with van der Waals surface area (Å²) in [6.45, 7) is 17.6. The van der Waals surface area contributed by atoms with Gasteiger partial charge in [0.25, 0.3) is 5.91 Å².